The van der Waals surface area contributed by atoms with Crippen LogP contribution in [0.5, 0.6) is 0 Å². The fraction of sp³-hybridized carbons (Fsp3) is 1.00. The maximum Gasteiger partial charge on any atom is 0.0241 e. The minimum atomic E-state index is 0.540. The van der Waals surface area contributed by atoms with Crippen LogP contribution in [-0.4, -0.2) is 55.1 Å². The molecular formula is C13H29N3. The summed E-state index contributed by atoms with van der Waals surface area (Å²) in [5.41, 5.74) is 5.88. The Balaban J connectivity index is 2.45. The van der Waals surface area contributed by atoms with Crippen molar-refractivity contribution >= 4 is 0 Å². The van der Waals surface area contributed by atoms with Crippen LogP contribution in [0.15, 0.2) is 0 Å². The van der Waals surface area contributed by atoms with E-state index in [0.29, 0.717) is 12.0 Å². The molecule has 1 rings (SSSR count). The van der Waals surface area contributed by atoms with Crippen LogP contribution in [0.2, 0.25) is 0 Å². The lowest BCUT2D eigenvalue weighted by Gasteiger charge is -2.41. The molecule has 1 aliphatic rings. The van der Waals surface area contributed by atoms with Gasteiger partial charge in [-0.1, -0.05) is 20.8 Å². The van der Waals surface area contributed by atoms with Crippen molar-refractivity contribution in [1.29, 1.82) is 0 Å². The SMILES string of the molecule is CCN1CCC(N(C)C(CN)C(C)C)CC1. The molecule has 1 fully saturated rings. The van der Waals surface area contributed by atoms with E-state index in [2.05, 4.69) is 37.6 Å². The lowest BCUT2D eigenvalue weighted by molar-refractivity contribution is 0.0828. The standard InChI is InChI=1S/C13H29N3/c1-5-16-8-6-12(7-9-16)15(4)13(10-14)11(2)3/h11-13H,5-10,14H2,1-4H3. The summed E-state index contributed by atoms with van der Waals surface area (Å²) in [5.74, 6) is 0.652. The first kappa shape index (κ1) is 13.9. The van der Waals surface area contributed by atoms with Gasteiger partial charge in [-0.05, 0) is 45.4 Å². The third kappa shape index (κ3) is 3.44. The van der Waals surface area contributed by atoms with Crippen LogP contribution in [0.3, 0.4) is 0 Å². The monoisotopic (exact) mass is 227 g/mol. The van der Waals surface area contributed by atoms with Crippen LogP contribution < -0.4 is 5.73 Å². The second-order valence-corrected chi connectivity index (χ2v) is 5.38. The van der Waals surface area contributed by atoms with Gasteiger partial charge in [-0.3, -0.25) is 4.90 Å². The Morgan fingerprint density at radius 1 is 1.31 bits per heavy atom. The second kappa shape index (κ2) is 6.58. The zero-order chi connectivity index (χ0) is 12.1. The largest absolute Gasteiger partial charge is 0.329 e. The Hall–Kier alpha value is -0.120. The molecule has 2 N–H and O–H groups in total. The first-order chi connectivity index (χ1) is 7.60. The van der Waals surface area contributed by atoms with E-state index < -0.39 is 0 Å². The molecule has 0 aromatic rings. The van der Waals surface area contributed by atoms with Crippen LogP contribution in [0, 0.1) is 5.92 Å². The van der Waals surface area contributed by atoms with Gasteiger partial charge in [0.25, 0.3) is 0 Å². The summed E-state index contributed by atoms with van der Waals surface area (Å²) in [6.07, 6.45) is 2.60. The van der Waals surface area contributed by atoms with Crippen molar-refractivity contribution in [3.8, 4) is 0 Å². The van der Waals surface area contributed by atoms with E-state index in [1.54, 1.807) is 0 Å². The van der Waals surface area contributed by atoms with Crippen molar-refractivity contribution in [2.24, 2.45) is 11.7 Å². The van der Waals surface area contributed by atoms with Crippen LogP contribution in [0.1, 0.15) is 33.6 Å². The van der Waals surface area contributed by atoms with E-state index in [1.165, 1.54) is 32.5 Å². The molecule has 0 amide bonds. The Labute approximate surface area is 101 Å². The number of piperidine rings is 1. The Bertz CT molecular complexity index is 186. The topological polar surface area (TPSA) is 32.5 Å². The molecule has 0 radical (unpaired) electrons. The van der Waals surface area contributed by atoms with Gasteiger partial charge in [0.1, 0.15) is 0 Å². The molecule has 0 aliphatic carbocycles. The lowest BCUT2D eigenvalue weighted by atomic mass is 9.97. The lowest BCUT2D eigenvalue weighted by Crippen LogP contribution is -2.51. The van der Waals surface area contributed by atoms with Gasteiger partial charge in [0, 0.05) is 18.6 Å². The molecule has 3 nitrogen and oxygen atoms in total. The summed E-state index contributed by atoms with van der Waals surface area (Å²) in [4.78, 5) is 5.06. The van der Waals surface area contributed by atoms with Gasteiger partial charge in [-0.2, -0.15) is 0 Å². The summed E-state index contributed by atoms with van der Waals surface area (Å²) in [5, 5.41) is 0. The van der Waals surface area contributed by atoms with E-state index in [1.807, 2.05) is 0 Å². The quantitative estimate of drug-likeness (QED) is 0.770. The fourth-order valence-electron chi connectivity index (χ4n) is 2.82. The van der Waals surface area contributed by atoms with E-state index >= 15 is 0 Å². The maximum atomic E-state index is 5.88. The van der Waals surface area contributed by atoms with E-state index in [9.17, 15) is 0 Å². The van der Waals surface area contributed by atoms with Crippen LogP contribution in [0.25, 0.3) is 0 Å². The van der Waals surface area contributed by atoms with Crippen molar-refractivity contribution in [3.05, 3.63) is 0 Å². The highest BCUT2D eigenvalue weighted by molar-refractivity contribution is 4.83. The highest BCUT2D eigenvalue weighted by Crippen LogP contribution is 2.19. The number of hydrogen-bond donors (Lipinski definition) is 1. The van der Waals surface area contributed by atoms with Crippen LogP contribution in [-0.2, 0) is 0 Å². The normalized spacial score (nSPS) is 21.9. The average Bonchev–Trinajstić information content (AvgIpc) is 2.29. The molecule has 1 atom stereocenters. The third-order valence-corrected chi connectivity index (χ3v) is 4.11. The van der Waals surface area contributed by atoms with Gasteiger partial charge in [0.15, 0.2) is 0 Å². The van der Waals surface area contributed by atoms with Crippen LogP contribution >= 0.6 is 0 Å². The number of likely N-dealkylation sites (tertiary alicyclic amines) is 1. The van der Waals surface area contributed by atoms with Crippen molar-refractivity contribution < 1.29 is 0 Å². The molecule has 0 spiro atoms. The summed E-state index contributed by atoms with van der Waals surface area (Å²) < 4.78 is 0. The fourth-order valence-corrected chi connectivity index (χ4v) is 2.82. The van der Waals surface area contributed by atoms with E-state index in [4.69, 9.17) is 5.73 Å². The molecule has 96 valence electrons. The Morgan fingerprint density at radius 2 is 1.88 bits per heavy atom. The molecule has 0 bridgehead atoms. The van der Waals surface area contributed by atoms with Gasteiger partial charge in [0.2, 0.25) is 0 Å². The van der Waals surface area contributed by atoms with E-state index in [-0.39, 0.29) is 0 Å². The number of hydrogen-bond acceptors (Lipinski definition) is 3. The summed E-state index contributed by atoms with van der Waals surface area (Å²) >= 11 is 0. The Kier molecular flexibility index (Phi) is 5.73. The minimum Gasteiger partial charge on any atom is -0.329 e. The summed E-state index contributed by atoms with van der Waals surface area (Å²) in [6, 6.07) is 1.27. The molecule has 1 aliphatic heterocycles. The van der Waals surface area contributed by atoms with Gasteiger partial charge in [0.05, 0.1) is 0 Å². The molecule has 3 heteroatoms. The highest BCUT2D eigenvalue weighted by atomic mass is 15.2. The molecular weight excluding hydrogens is 198 g/mol. The maximum absolute atomic E-state index is 5.88. The molecule has 0 saturated carbocycles. The predicted molar refractivity (Wildman–Crippen MR) is 70.6 cm³/mol. The summed E-state index contributed by atoms with van der Waals surface area (Å²) in [7, 11) is 2.25. The first-order valence-corrected chi connectivity index (χ1v) is 6.74. The van der Waals surface area contributed by atoms with Gasteiger partial charge < -0.3 is 10.6 Å². The minimum absolute atomic E-state index is 0.540. The first-order valence-electron chi connectivity index (χ1n) is 6.74. The third-order valence-electron chi connectivity index (χ3n) is 4.11. The number of nitrogens with two attached hydrogens (primary N) is 1. The predicted octanol–water partition coefficient (Wildman–Crippen LogP) is 1.39. The summed E-state index contributed by atoms with van der Waals surface area (Å²) in [6.45, 7) is 11.3. The number of nitrogens with zero attached hydrogens (tertiary/aromatic N) is 2. The van der Waals surface area contributed by atoms with Crippen molar-refractivity contribution in [1.82, 2.24) is 9.80 Å². The van der Waals surface area contributed by atoms with Gasteiger partial charge in [-0.15, -0.1) is 0 Å². The number of likely N-dealkylation sites (N-methyl/N-ethyl adjacent to an activating group) is 1. The molecule has 0 aromatic heterocycles. The highest BCUT2D eigenvalue weighted by Gasteiger charge is 2.27. The molecule has 1 unspecified atom stereocenters. The molecule has 1 saturated heterocycles. The van der Waals surface area contributed by atoms with Crippen molar-refractivity contribution in [2.75, 3.05) is 33.2 Å². The Morgan fingerprint density at radius 3 is 2.25 bits per heavy atom. The van der Waals surface area contributed by atoms with Gasteiger partial charge >= 0.3 is 0 Å². The molecule has 16 heavy (non-hydrogen) atoms. The molecule has 1 heterocycles. The molecule has 0 aromatic carbocycles. The average molecular weight is 227 g/mol. The second-order valence-electron chi connectivity index (χ2n) is 5.38. The van der Waals surface area contributed by atoms with Crippen molar-refractivity contribution in [2.45, 2.75) is 45.7 Å². The van der Waals surface area contributed by atoms with E-state index in [0.717, 1.165) is 12.6 Å². The number of rotatable bonds is 5. The zero-order valence-corrected chi connectivity index (χ0v) is 11.4. The van der Waals surface area contributed by atoms with Crippen LogP contribution in [0.4, 0.5) is 0 Å². The smallest absolute Gasteiger partial charge is 0.0241 e. The van der Waals surface area contributed by atoms with Crippen molar-refractivity contribution in [3.63, 3.8) is 0 Å². The van der Waals surface area contributed by atoms with Gasteiger partial charge in [-0.25, -0.2) is 0 Å². The zero-order valence-electron chi connectivity index (χ0n) is 11.4.